The Kier molecular flexibility index (Phi) is 8.31. The highest BCUT2D eigenvalue weighted by Crippen LogP contribution is 2.64. The number of hydrogen-bond acceptors (Lipinski definition) is 15. The minimum atomic E-state index is -1.46. The molecule has 2 fully saturated rings. The number of nitrogens with two attached hydrogens (primary N) is 1. The lowest BCUT2D eigenvalue weighted by Crippen LogP contribution is -2.69. The molecular formula is C42H43N5O9S. The van der Waals surface area contributed by atoms with Crippen LogP contribution in [-0.4, -0.2) is 90.9 Å². The summed E-state index contributed by atoms with van der Waals surface area (Å²) in [6.07, 6.45) is 1.05. The van der Waals surface area contributed by atoms with Crippen LogP contribution in [-0.2, 0) is 32.7 Å². The van der Waals surface area contributed by atoms with Crippen molar-refractivity contribution in [3.05, 3.63) is 75.0 Å². The molecule has 8 atom stereocenters. The maximum absolute atomic E-state index is 15.0. The summed E-state index contributed by atoms with van der Waals surface area (Å²) in [5, 5.41) is 27.2. The van der Waals surface area contributed by atoms with E-state index in [1.54, 1.807) is 7.11 Å². The van der Waals surface area contributed by atoms with Gasteiger partial charge in [-0.25, -0.2) is 4.79 Å². The molecule has 8 heterocycles. The molecule has 296 valence electrons. The molecule has 0 amide bonds. The highest BCUT2D eigenvalue weighted by molar-refractivity contribution is 7.99. The van der Waals surface area contributed by atoms with Crippen molar-refractivity contribution in [2.45, 2.75) is 80.7 Å². The zero-order valence-electron chi connectivity index (χ0n) is 32.2. The van der Waals surface area contributed by atoms with Crippen LogP contribution in [0.1, 0.15) is 69.0 Å². The van der Waals surface area contributed by atoms with Gasteiger partial charge in [-0.05, 0) is 50.9 Å². The molecule has 1 spiro atoms. The third-order valence-corrected chi connectivity index (χ3v) is 14.5. The van der Waals surface area contributed by atoms with Gasteiger partial charge < -0.3 is 38.9 Å². The number of esters is 2. The summed E-state index contributed by atoms with van der Waals surface area (Å²) in [5.41, 5.74) is 10.9. The summed E-state index contributed by atoms with van der Waals surface area (Å²) in [6, 6.07) is 9.42. The van der Waals surface area contributed by atoms with Crippen LogP contribution in [0.25, 0.3) is 11.0 Å². The largest absolute Gasteiger partial charge is 0.504 e. The molecule has 14 nitrogen and oxygen atoms in total. The first kappa shape index (κ1) is 36.4. The number of nitrogens with one attached hydrogen (secondary N) is 1. The van der Waals surface area contributed by atoms with Crippen molar-refractivity contribution in [2.24, 2.45) is 5.73 Å². The second kappa shape index (κ2) is 13.0. The number of phenols is 1. The number of carbonyl (C=O) groups is 2. The normalized spacial score (nSPS) is 29.8. The maximum atomic E-state index is 15.0. The summed E-state index contributed by atoms with van der Waals surface area (Å²) in [5.74, 6) is 1.25. The smallest absolute Gasteiger partial charge is 0.335 e. The van der Waals surface area contributed by atoms with Crippen molar-refractivity contribution in [1.82, 2.24) is 15.1 Å². The molecule has 3 aromatic carbocycles. The first-order chi connectivity index (χ1) is 27.5. The van der Waals surface area contributed by atoms with E-state index in [0.29, 0.717) is 69.4 Å². The first-order valence-electron chi connectivity index (χ1n) is 19.2. The Hall–Kier alpha value is -4.98. The Bertz CT molecular complexity index is 2450. The number of thioether (sulfide) groups is 1. The number of aryl methyl sites for hydroxylation is 1. The summed E-state index contributed by atoms with van der Waals surface area (Å²) in [7, 11) is 3.54. The second-order valence-electron chi connectivity index (χ2n) is 15.9. The van der Waals surface area contributed by atoms with Gasteiger partial charge in [0.1, 0.15) is 29.7 Å². The Labute approximate surface area is 333 Å². The molecule has 4 bridgehead atoms. The highest BCUT2D eigenvalue weighted by Gasteiger charge is 2.62. The van der Waals surface area contributed by atoms with Gasteiger partial charge in [-0.3, -0.25) is 19.9 Å². The molecule has 11 rings (SSSR count). The van der Waals surface area contributed by atoms with Gasteiger partial charge in [0.05, 0.1) is 30.5 Å². The van der Waals surface area contributed by atoms with Crippen LogP contribution in [0.3, 0.4) is 0 Å². The van der Waals surface area contributed by atoms with Crippen LogP contribution < -0.4 is 30.0 Å². The zero-order valence-corrected chi connectivity index (χ0v) is 33.0. The van der Waals surface area contributed by atoms with Gasteiger partial charge in [-0.15, -0.1) is 11.8 Å². The molecule has 1 aromatic heterocycles. The molecule has 1 unspecified atom stereocenters. The van der Waals surface area contributed by atoms with E-state index in [9.17, 15) is 15.2 Å². The van der Waals surface area contributed by atoms with Crippen molar-refractivity contribution in [1.29, 1.82) is 5.26 Å². The number of benzene rings is 3. The molecular weight excluding hydrogens is 751 g/mol. The second-order valence-corrected chi connectivity index (χ2v) is 17.0. The minimum Gasteiger partial charge on any atom is -0.504 e. The minimum absolute atomic E-state index is 0.0491. The van der Waals surface area contributed by atoms with Gasteiger partial charge in [0, 0.05) is 70.6 Å². The first-order valence-corrected chi connectivity index (χ1v) is 20.3. The van der Waals surface area contributed by atoms with Gasteiger partial charge in [0.25, 0.3) is 0 Å². The predicted octanol–water partition coefficient (Wildman–Crippen LogP) is 4.35. The number of fused-ring (bicyclic) bond motifs is 11. The van der Waals surface area contributed by atoms with Crippen molar-refractivity contribution < 1.29 is 42.8 Å². The molecule has 0 radical (unpaired) electrons. The average Bonchev–Trinajstić information content (AvgIpc) is 3.84. The van der Waals surface area contributed by atoms with Gasteiger partial charge in [-0.2, -0.15) is 5.26 Å². The van der Waals surface area contributed by atoms with E-state index < -0.39 is 46.9 Å². The van der Waals surface area contributed by atoms with E-state index >= 15 is 4.79 Å². The lowest BCUT2D eigenvalue weighted by Gasteiger charge is -2.62. The number of para-hydroxylation sites is 1. The number of ether oxygens (including phenoxy) is 5. The van der Waals surface area contributed by atoms with Gasteiger partial charge in [0.2, 0.25) is 6.79 Å². The van der Waals surface area contributed by atoms with Gasteiger partial charge >= 0.3 is 11.9 Å². The summed E-state index contributed by atoms with van der Waals surface area (Å²) < 4.78 is 37.4. The van der Waals surface area contributed by atoms with E-state index in [1.807, 2.05) is 45.2 Å². The third-order valence-electron chi connectivity index (χ3n) is 13.0. The van der Waals surface area contributed by atoms with E-state index in [0.717, 1.165) is 22.1 Å². The number of likely N-dealkylation sites (N-methyl/N-ethyl adjacent to an activating group) is 1. The fourth-order valence-electron chi connectivity index (χ4n) is 10.7. The number of furan rings is 1. The van der Waals surface area contributed by atoms with Crippen LogP contribution in [0.4, 0.5) is 0 Å². The standard InChI is InChI=1S/C42H43N5O9S/c1-18-10-21-11-25-26(14-44)47-27-15-52-41(50)42(40-24(12-22(13-43)45-42)23-8-6-7-9-28(23)56-40)16-57-39(33(47)32(46(25)4)29(21)34(49)35(18)51-5)31-30(27)38-37(53-17-54-38)19(2)36(31)55-20(3)48/h6-10,22,25-27,32-33,39,45,49H,11-13,15-17,43H2,1-5H3/t22-,25?,26-,27-,32-,33+,39+,42+/m0/s1. The molecule has 15 heteroatoms. The molecule has 0 saturated carbocycles. The molecule has 0 aliphatic carbocycles. The van der Waals surface area contributed by atoms with Crippen LogP contribution in [0.5, 0.6) is 28.7 Å². The van der Waals surface area contributed by atoms with Crippen molar-refractivity contribution in [3.8, 4) is 34.8 Å². The highest BCUT2D eigenvalue weighted by atomic mass is 32.2. The monoisotopic (exact) mass is 793 g/mol. The number of aromatic hydroxyl groups is 1. The number of nitriles is 1. The van der Waals surface area contributed by atoms with Gasteiger partial charge in [0.15, 0.2) is 28.5 Å². The maximum Gasteiger partial charge on any atom is 0.335 e. The number of nitrogens with zero attached hydrogens (tertiary/aromatic N) is 3. The van der Waals surface area contributed by atoms with Crippen LogP contribution in [0, 0.1) is 25.2 Å². The summed E-state index contributed by atoms with van der Waals surface area (Å²) >= 11 is 1.49. The van der Waals surface area contributed by atoms with E-state index in [4.69, 9.17) is 33.8 Å². The Balaban J connectivity index is 1.26. The molecule has 4 aromatic rings. The fraction of sp³-hybridized carbons (Fsp3) is 0.452. The lowest BCUT2D eigenvalue weighted by molar-refractivity contribution is -0.158. The predicted molar refractivity (Wildman–Crippen MR) is 208 cm³/mol. The van der Waals surface area contributed by atoms with Crippen LogP contribution in [0.15, 0.2) is 34.7 Å². The Morgan fingerprint density at radius 2 is 1.93 bits per heavy atom. The van der Waals surface area contributed by atoms with Gasteiger partial charge in [-0.1, -0.05) is 24.3 Å². The molecule has 7 aliphatic rings. The number of methoxy groups -OCH3 is 1. The molecule has 2 saturated heterocycles. The summed E-state index contributed by atoms with van der Waals surface area (Å²) in [4.78, 5) is 32.4. The molecule has 57 heavy (non-hydrogen) atoms. The van der Waals surface area contributed by atoms with E-state index in [1.165, 1.54) is 18.7 Å². The zero-order chi connectivity index (χ0) is 39.7. The molecule has 4 N–H and O–H groups in total. The van der Waals surface area contributed by atoms with Crippen molar-refractivity contribution >= 4 is 34.7 Å². The topological polar surface area (TPSA) is 182 Å². The van der Waals surface area contributed by atoms with E-state index in [-0.39, 0.29) is 43.5 Å². The summed E-state index contributed by atoms with van der Waals surface area (Å²) in [6.45, 7) is 5.13. The van der Waals surface area contributed by atoms with Crippen LogP contribution in [0.2, 0.25) is 0 Å². The van der Waals surface area contributed by atoms with Crippen molar-refractivity contribution in [3.63, 3.8) is 0 Å². The Morgan fingerprint density at radius 3 is 2.68 bits per heavy atom. The average molecular weight is 794 g/mol. The quantitative estimate of drug-likeness (QED) is 0.197. The lowest BCUT2D eigenvalue weighted by atomic mass is 9.71. The van der Waals surface area contributed by atoms with Crippen LogP contribution >= 0.6 is 11.8 Å². The third kappa shape index (κ3) is 4.91. The van der Waals surface area contributed by atoms with E-state index in [2.05, 4.69) is 27.3 Å². The van der Waals surface area contributed by atoms with Crippen molar-refractivity contribution in [2.75, 3.05) is 39.9 Å². The molecule has 7 aliphatic heterocycles. The fourth-order valence-corrected chi connectivity index (χ4v) is 12.4. The number of hydrogen-bond donors (Lipinski definition) is 3. The number of rotatable bonds is 3. The number of piperazine rings is 1. The SMILES string of the molecule is COc1c(C)cc2c(c1O)[C@H]1[C@@H]3[C@@H]4SC[C@]5(N[C@H](CN)Cc6c5oc5ccccc65)C(=O)OC[C@@H](c5c6c(c(C)c(OC(C)=O)c54)OCO6)N3[C@@H](C#N)C(C2)N1C. The number of phenolic OH excluding ortho intramolecular Hbond substituents is 1. The number of carbonyl (C=O) groups excluding carboxylic acids is 2. The Morgan fingerprint density at radius 1 is 1.14 bits per heavy atom.